The summed E-state index contributed by atoms with van der Waals surface area (Å²) in [5.74, 6) is 1.00. The summed E-state index contributed by atoms with van der Waals surface area (Å²) in [6.07, 6.45) is 4.32. The van der Waals surface area contributed by atoms with E-state index in [9.17, 15) is 4.79 Å². The average Bonchev–Trinajstić information content (AvgIpc) is 2.90. The fourth-order valence-corrected chi connectivity index (χ4v) is 2.00. The SMILES string of the molecule is CCCN(C(=O)CC1CNC1)C1CC1. The number of hydrogen-bond acceptors (Lipinski definition) is 2. The van der Waals surface area contributed by atoms with Gasteiger partial charge in [0.25, 0.3) is 0 Å². The summed E-state index contributed by atoms with van der Waals surface area (Å²) in [6, 6.07) is 0.593. The van der Waals surface area contributed by atoms with Crippen molar-refractivity contribution in [3.63, 3.8) is 0 Å². The van der Waals surface area contributed by atoms with Crippen LogP contribution in [-0.2, 0) is 4.79 Å². The van der Waals surface area contributed by atoms with E-state index in [2.05, 4.69) is 17.1 Å². The van der Waals surface area contributed by atoms with Crippen LogP contribution >= 0.6 is 0 Å². The number of rotatable bonds is 5. The van der Waals surface area contributed by atoms with Gasteiger partial charge in [0.2, 0.25) is 5.91 Å². The molecule has 2 rings (SSSR count). The molecule has 2 fully saturated rings. The molecular formula is C11H20N2O. The van der Waals surface area contributed by atoms with Crippen LogP contribution in [0.1, 0.15) is 32.6 Å². The zero-order chi connectivity index (χ0) is 9.97. The second-order valence-electron chi connectivity index (χ2n) is 4.55. The van der Waals surface area contributed by atoms with Crippen LogP contribution in [0, 0.1) is 5.92 Å². The van der Waals surface area contributed by atoms with E-state index in [0.29, 0.717) is 17.9 Å². The number of hydrogen-bond donors (Lipinski definition) is 1. The van der Waals surface area contributed by atoms with Gasteiger partial charge in [-0.2, -0.15) is 0 Å². The molecule has 0 aromatic heterocycles. The van der Waals surface area contributed by atoms with Gasteiger partial charge in [0.1, 0.15) is 0 Å². The highest BCUT2D eigenvalue weighted by Crippen LogP contribution is 2.28. The topological polar surface area (TPSA) is 32.3 Å². The molecule has 1 saturated carbocycles. The third-order valence-electron chi connectivity index (χ3n) is 3.10. The van der Waals surface area contributed by atoms with Gasteiger partial charge >= 0.3 is 0 Å². The van der Waals surface area contributed by atoms with Crippen LogP contribution in [0.3, 0.4) is 0 Å². The lowest BCUT2D eigenvalue weighted by Crippen LogP contribution is -2.45. The van der Waals surface area contributed by atoms with Crippen LogP contribution in [0.15, 0.2) is 0 Å². The molecule has 1 N–H and O–H groups in total. The monoisotopic (exact) mass is 196 g/mol. The van der Waals surface area contributed by atoms with Crippen molar-refractivity contribution < 1.29 is 4.79 Å². The Morgan fingerprint density at radius 3 is 2.57 bits per heavy atom. The minimum atomic E-state index is 0.390. The van der Waals surface area contributed by atoms with Crippen LogP contribution < -0.4 is 5.32 Å². The van der Waals surface area contributed by atoms with Gasteiger partial charge in [0, 0.05) is 19.0 Å². The Hall–Kier alpha value is -0.570. The van der Waals surface area contributed by atoms with E-state index >= 15 is 0 Å². The molecule has 1 amide bonds. The van der Waals surface area contributed by atoms with Crippen LogP contribution in [-0.4, -0.2) is 36.5 Å². The summed E-state index contributed by atoms with van der Waals surface area (Å²) in [4.78, 5) is 14.0. The van der Waals surface area contributed by atoms with E-state index in [0.717, 1.165) is 32.5 Å². The quantitative estimate of drug-likeness (QED) is 0.711. The molecule has 1 aliphatic heterocycles. The highest BCUT2D eigenvalue weighted by molar-refractivity contribution is 5.77. The standard InChI is InChI=1S/C11H20N2O/c1-2-5-13(10-3-4-10)11(14)6-9-7-12-8-9/h9-10,12H,2-8H2,1H3. The second kappa shape index (κ2) is 4.30. The number of amides is 1. The van der Waals surface area contributed by atoms with Crippen molar-refractivity contribution in [2.75, 3.05) is 19.6 Å². The Labute approximate surface area is 85.8 Å². The van der Waals surface area contributed by atoms with Gasteiger partial charge in [0.05, 0.1) is 0 Å². The van der Waals surface area contributed by atoms with Crippen molar-refractivity contribution in [1.29, 1.82) is 0 Å². The molecule has 0 atom stereocenters. The van der Waals surface area contributed by atoms with Crippen molar-refractivity contribution >= 4 is 5.91 Å². The lowest BCUT2D eigenvalue weighted by Gasteiger charge is -2.30. The van der Waals surface area contributed by atoms with Crippen molar-refractivity contribution in [3.05, 3.63) is 0 Å². The van der Waals surface area contributed by atoms with E-state index in [1.54, 1.807) is 0 Å². The van der Waals surface area contributed by atoms with Crippen LogP contribution in [0.4, 0.5) is 0 Å². The zero-order valence-corrected chi connectivity index (χ0v) is 8.96. The lowest BCUT2D eigenvalue weighted by atomic mass is 9.98. The van der Waals surface area contributed by atoms with E-state index in [-0.39, 0.29) is 0 Å². The maximum atomic E-state index is 11.9. The Morgan fingerprint density at radius 1 is 1.43 bits per heavy atom. The van der Waals surface area contributed by atoms with E-state index in [1.165, 1.54) is 12.8 Å². The molecule has 0 aromatic carbocycles. The van der Waals surface area contributed by atoms with E-state index in [4.69, 9.17) is 0 Å². The number of carbonyl (C=O) groups is 1. The van der Waals surface area contributed by atoms with Crippen LogP contribution in [0.25, 0.3) is 0 Å². The highest BCUT2D eigenvalue weighted by atomic mass is 16.2. The molecule has 0 bridgehead atoms. The molecule has 0 unspecified atom stereocenters. The summed E-state index contributed by atoms with van der Waals surface area (Å²) in [5.41, 5.74) is 0. The zero-order valence-electron chi connectivity index (χ0n) is 8.96. The lowest BCUT2D eigenvalue weighted by molar-refractivity contribution is -0.133. The largest absolute Gasteiger partial charge is 0.340 e. The van der Waals surface area contributed by atoms with Gasteiger partial charge in [-0.25, -0.2) is 0 Å². The fourth-order valence-electron chi connectivity index (χ4n) is 2.00. The van der Waals surface area contributed by atoms with Gasteiger partial charge in [-0.15, -0.1) is 0 Å². The predicted molar refractivity (Wildman–Crippen MR) is 56.0 cm³/mol. The third-order valence-corrected chi connectivity index (χ3v) is 3.10. The van der Waals surface area contributed by atoms with Gasteiger partial charge in [0.15, 0.2) is 0 Å². The molecule has 2 aliphatic rings. The minimum absolute atomic E-state index is 0.390. The minimum Gasteiger partial charge on any atom is -0.340 e. The highest BCUT2D eigenvalue weighted by Gasteiger charge is 2.33. The van der Waals surface area contributed by atoms with Gasteiger partial charge in [-0.3, -0.25) is 4.79 Å². The van der Waals surface area contributed by atoms with Gasteiger partial charge in [-0.05, 0) is 38.3 Å². The summed E-state index contributed by atoms with van der Waals surface area (Å²) >= 11 is 0. The molecule has 14 heavy (non-hydrogen) atoms. The first-order valence-corrected chi connectivity index (χ1v) is 5.81. The normalized spacial score (nSPS) is 21.8. The van der Waals surface area contributed by atoms with Crippen LogP contribution in [0.2, 0.25) is 0 Å². The van der Waals surface area contributed by atoms with Crippen molar-refractivity contribution in [2.24, 2.45) is 5.92 Å². The Kier molecular flexibility index (Phi) is 3.06. The maximum Gasteiger partial charge on any atom is 0.223 e. The molecule has 1 saturated heterocycles. The first-order chi connectivity index (χ1) is 6.81. The Bertz CT molecular complexity index is 209. The first kappa shape index (κ1) is 9.97. The smallest absolute Gasteiger partial charge is 0.223 e. The molecule has 0 spiro atoms. The molecule has 0 aromatic rings. The molecule has 0 radical (unpaired) electrons. The predicted octanol–water partition coefficient (Wildman–Crippen LogP) is 0.997. The van der Waals surface area contributed by atoms with Crippen molar-refractivity contribution in [2.45, 2.75) is 38.6 Å². The fraction of sp³-hybridized carbons (Fsp3) is 0.909. The number of nitrogens with zero attached hydrogens (tertiary/aromatic N) is 1. The molecule has 80 valence electrons. The average molecular weight is 196 g/mol. The van der Waals surface area contributed by atoms with Crippen LogP contribution in [0.5, 0.6) is 0 Å². The van der Waals surface area contributed by atoms with E-state index < -0.39 is 0 Å². The van der Waals surface area contributed by atoms with Gasteiger partial charge < -0.3 is 10.2 Å². The molecular weight excluding hydrogens is 176 g/mol. The summed E-state index contributed by atoms with van der Waals surface area (Å²) < 4.78 is 0. The summed E-state index contributed by atoms with van der Waals surface area (Å²) in [5, 5.41) is 3.21. The molecule has 1 heterocycles. The molecule has 3 nitrogen and oxygen atoms in total. The second-order valence-corrected chi connectivity index (χ2v) is 4.55. The Morgan fingerprint density at radius 2 is 2.14 bits per heavy atom. The summed E-state index contributed by atoms with van der Waals surface area (Å²) in [6.45, 7) is 5.18. The van der Waals surface area contributed by atoms with E-state index in [1.807, 2.05) is 0 Å². The van der Waals surface area contributed by atoms with Gasteiger partial charge in [-0.1, -0.05) is 6.92 Å². The summed E-state index contributed by atoms with van der Waals surface area (Å²) in [7, 11) is 0. The first-order valence-electron chi connectivity index (χ1n) is 5.81. The van der Waals surface area contributed by atoms with Crippen molar-refractivity contribution in [1.82, 2.24) is 10.2 Å². The number of carbonyl (C=O) groups excluding carboxylic acids is 1. The number of nitrogens with one attached hydrogen (secondary N) is 1. The molecule has 1 aliphatic carbocycles. The molecule has 3 heteroatoms. The van der Waals surface area contributed by atoms with Crippen molar-refractivity contribution in [3.8, 4) is 0 Å². The maximum absolute atomic E-state index is 11.9. The third kappa shape index (κ3) is 2.27. The Balaban J connectivity index is 1.79.